The molecule has 0 radical (unpaired) electrons. The first-order valence-electron chi connectivity index (χ1n) is 3.74. The lowest BCUT2D eigenvalue weighted by Gasteiger charge is -1.92. The second kappa shape index (κ2) is 3.21. The third kappa shape index (κ3) is 1.25. The predicted octanol–water partition coefficient (Wildman–Crippen LogP) is 2.73. The Morgan fingerprint density at radius 3 is 2.73 bits per heavy atom. The summed E-state index contributed by atoms with van der Waals surface area (Å²) in [4.78, 5) is 0. The smallest absolute Gasteiger partial charge is 0.0997 e. The van der Waals surface area contributed by atoms with Crippen molar-refractivity contribution < 1.29 is 0 Å². The van der Waals surface area contributed by atoms with Crippen molar-refractivity contribution in [2.24, 2.45) is 0 Å². The second-order valence-electron chi connectivity index (χ2n) is 2.53. The van der Waals surface area contributed by atoms with Crippen molar-refractivity contribution in [3.8, 4) is 6.07 Å². The van der Waals surface area contributed by atoms with Crippen LogP contribution >= 0.6 is 0 Å². The zero-order valence-corrected chi connectivity index (χ0v) is 6.72. The molecule has 1 rings (SSSR count). The molecule has 0 aliphatic heterocycles. The number of hydrogen-bond donors (Lipinski definition) is 0. The van der Waals surface area contributed by atoms with Crippen molar-refractivity contribution in [3.05, 3.63) is 35.5 Å². The molecule has 1 aliphatic carbocycles. The van der Waals surface area contributed by atoms with Gasteiger partial charge in [-0.25, -0.2) is 0 Å². The lowest BCUT2D eigenvalue weighted by atomic mass is 10.1. The van der Waals surface area contributed by atoms with Crippen LogP contribution in [0.25, 0.3) is 0 Å². The summed E-state index contributed by atoms with van der Waals surface area (Å²) >= 11 is 0. The Morgan fingerprint density at radius 1 is 1.55 bits per heavy atom. The lowest BCUT2D eigenvalue weighted by Crippen LogP contribution is -1.78. The zero-order valence-electron chi connectivity index (χ0n) is 6.72. The first-order valence-corrected chi connectivity index (χ1v) is 3.74. The van der Waals surface area contributed by atoms with Crippen LogP contribution in [0, 0.1) is 11.3 Å². The minimum Gasteiger partial charge on any atom is -0.192 e. The van der Waals surface area contributed by atoms with Crippen LogP contribution < -0.4 is 0 Å². The highest BCUT2D eigenvalue weighted by Gasteiger charge is 2.15. The Balaban J connectivity index is 3.09. The summed E-state index contributed by atoms with van der Waals surface area (Å²) in [6.07, 6.45) is 5.77. The third-order valence-electron chi connectivity index (χ3n) is 2.01. The quantitative estimate of drug-likeness (QED) is 0.556. The van der Waals surface area contributed by atoms with E-state index in [1.807, 2.05) is 13.0 Å². The van der Waals surface area contributed by atoms with Gasteiger partial charge in [0.2, 0.25) is 0 Å². The highest BCUT2D eigenvalue weighted by Crippen LogP contribution is 2.30. The van der Waals surface area contributed by atoms with Crippen molar-refractivity contribution in [3.63, 3.8) is 0 Å². The van der Waals surface area contributed by atoms with E-state index in [2.05, 4.69) is 12.6 Å². The van der Waals surface area contributed by atoms with Crippen molar-refractivity contribution in [2.75, 3.05) is 0 Å². The van der Waals surface area contributed by atoms with Crippen LogP contribution in [-0.4, -0.2) is 0 Å². The van der Waals surface area contributed by atoms with Gasteiger partial charge in [-0.15, -0.1) is 0 Å². The lowest BCUT2D eigenvalue weighted by molar-refractivity contribution is 1.03. The molecule has 11 heavy (non-hydrogen) atoms. The van der Waals surface area contributed by atoms with Gasteiger partial charge in [-0.2, -0.15) is 5.26 Å². The molecule has 0 aromatic heterocycles. The third-order valence-corrected chi connectivity index (χ3v) is 2.01. The average Bonchev–Trinajstić information content (AvgIpc) is 2.45. The Labute approximate surface area is 67.3 Å². The van der Waals surface area contributed by atoms with Gasteiger partial charge in [0, 0.05) is 0 Å². The largest absolute Gasteiger partial charge is 0.192 e. The van der Waals surface area contributed by atoms with Crippen molar-refractivity contribution >= 4 is 0 Å². The summed E-state index contributed by atoms with van der Waals surface area (Å²) in [6, 6.07) is 2.21. The molecule has 0 saturated heterocycles. The van der Waals surface area contributed by atoms with E-state index >= 15 is 0 Å². The van der Waals surface area contributed by atoms with Gasteiger partial charge in [0.05, 0.1) is 11.6 Å². The molecule has 0 amide bonds. The fourth-order valence-electron chi connectivity index (χ4n) is 1.36. The Bertz CT molecular complexity index is 274. The summed E-state index contributed by atoms with van der Waals surface area (Å²) < 4.78 is 0. The van der Waals surface area contributed by atoms with E-state index in [4.69, 9.17) is 5.26 Å². The molecule has 56 valence electrons. The molecular weight excluding hydrogens is 134 g/mol. The molecule has 0 atom stereocenters. The highest BCUT2D eigenvalue weighted by atomic mass is 14.3. The molecule has 1 aliphatic rings. The van der Waals surface area contributed by atoms with E-state index in [0.717, 1.165) is 24.0 Å². The standard InChI is InChI=1S/C10H11N/c1-3-8-5-6-9(4-2)10(8)7-11/h3-4H,1,5-6H2,2H3/b9-4+. The Morgan fingerprint density at radius 2 is 2.27 bits per heavy atom. The Kier molecular flexibility index (Phi) is 2.28. The molecule has 0 bridgehead atoms. The fraction of sp³-hybridized carbons (Fsp3) is 0.300. The zero-order chi connectivity index (χ0) is 8.27. The Hall–Kier alpha value is -1.29. The second-order valence-corrected chi connectivity index (χ2v) is 2.53. The van der Waals surface area contributed by atoms with E-state index in [1.54, 1.807) is 6.08 Å². The van der Waals surface area contributed by atoms with Crippen molar-refractivity contribution in [1.29, 1.82) is 5.26 Å². The van der Waals surface area contributed by atoms with Crippen molar-refractivity contribution in [1.82, 2.24) is 0 Å². The summed E-state index contributed by atoms with van der Waals surface area (Å²) in [6.45, 7) is 5.64. The van der Waals surface area contributed by atoms with Gasteiger partial charge >= 0.3 is 0 Å². The highest BCUT2D eigenvalue weighted by molar-refractivity contribution is 5.52. The van der Waals surface area contributed by atoms with Gasteiger partial charge in [0.1, 0.15) is 0 Å². The maximum absolute atomic E-state index is 8.77. The SMILES string of the molecule is C=CC1=C(C#N)/C(=C/C)CC1. The number of allylic oxidation sites excluding steroid dienone is 5. The molecule has 0 spiro atoms. The van der Waals surface area contributed by atoms with Crippen LogP contribution in [0.4, 0.5) is 0 Å². The first-order chi connectivity index (χ1) is 5.33. The summed E-state index contributed by atoms with van der Waals surface area (Å²) in [5, 5.41) is 8.77. The van der Waals surface area contributed by atoms with Crippen molar-refractivity contribution in [2.45, 2.75) is 19.8 Å². The minimum atomic E-state index is 0.836. The van der Waals surface area contributed by atoms with Crippen LogP contribution in [-0.2, 0) is 0 Å². The van der Waals surface area contributed by atoms with Gasteiger partial charge in [-0.1, -0.05) is 18.7 Å². The van der Waals surface area contributed by atoms with Gasteiger partial charge < -0.3 is 0 Å². The average molecular weight is 145 g/mol. The molecule has 0 unspecified atom stereocenters. The normalized spacial score (nSPS) is 20.5. The van der Waals surface area contributed by atoms with Gasteiger partial charge in [0.15, 0.2) is 0 Å². The summed E-state index contributed by atoms with van der Waals surface area (Å²) in [5.74, 6) is 0. The van der Waals surface area contributed by atoms with Gasteiger partial charge in [-0.3, -0.25) is 0 Å². The van der Waals surface area contributed by atoms with E-state index in [9.17, 15) is 0 Å². The molecule has 1 nitrogen and oxygen atoms in total. The van der Waals surface area contributed by atoms with E-state index in [-0.39, 0.29) is 0 Å². The monoisotopic (exact) mass is 145 g/mol. The number of nitrogens with zero attached hydrogens (tertiary/aromatic N) is 1. The van der Waals surface area contributed by atoms with Crippen LogP contribution in [0.5, 0.6) is 0 Å². The predicted molar refractivity (Wildman–Crippen MR) is 45.8 cm³/mol. The van der Waals surface area contributed by atoms with Crippen LogP contribution in [0.1, 0.15) is 19.8 Å². The molecule has 0 N–H and O–H groups in total. The number of nitriles is 1. The molecule has 0 fully saturated rings. The summed E-state index contributed by atoms with van der Waals surface area (Å²) in [7, 11) is 0. The number of hydrogen-bond acceptors (Lipinski definition) is 1. The molecular formula is C10H11N. The fourth-order valence-corrected chi connectivity index (χ4v) is 1.36. The minimum absolute atomic E-state index is 0.836. The maximum Gasteiger partial charge on any atom is 0.0997 e. The molecule has 0 aromatic carbocycles. The van der Waals surface area contributed by atoms with E-state index in [0.29, 0.717) is 0 Å². The molecule has 0 heterocycles. The van der Waals surface area contributed by atoms with Crippen LogP contribution in [0.3, 0.4) is 0 Å². The topological polar surface area (TPSA) is 23.8 Å². The first kappa shape index (κ1) is 7.81. The van der Waals surface area contributed by atoms with E-state index in [1.165, 1.54) is 5.57 Å². The number of rotatable bonds is 1. The molecule has 0 aromatic rings. The molecule has 1 heteroatoms. The van der Waals surface area contributed by atoms with E-state index < -0.39 is 0 Å². The van der Waals surface area contributed by atoms with Gasteiger partial charge in [-0.05, 0) is 30.9 Å². The van der Waals surface area contributed by atoms with Crippen LogP contribution in [0.15, 0.2) is 35.5 Å². The van der Waals surface area contributed by atoms with Crippen LogP contribution in [0.2, 0.25) is 0 Å². The van der Waals surface area contributed by atoms with Gasteiger partial charge in [0.25, 0.3) is 0 Å². The maximum atomic E-state index is 8.77. The molecule has 0 saturated carbocycles. The summed E-state index contributed by atoms with van der Waals surface area (Å²) in [5.41, 5.74) is 3.10.